The second-order valence-corrected chi connectivity index (χ2v) is 4.70. The van der Waals surface area contributed by atoms with Crippen molar-refractivity contribution in [1.29, 1.82) is 0 Å². The largest absolute Gasteiger partial charge is 0.361 e. The predicted molar refractivity (Wildman–Crippen MR) is 75.8 cm³/mol. The van der Waals surface area contributed by atoms with Crippen LogP contribution in [0.1, 0.15) is 15.9 Å². The average Bonchev–Trinajstić information content (AvgIpc) is 2.93. The molecule has 0 aliphatic carbocycles. The highest BCUT2D eigenvalue weighted by molar-refractivity contribution is 5.98. The molecule has 0 atom stereocenters. The summed E-state index contributed by atoms with van der Waals surface area (Å²) in [7, 11) is 0. The van der Waals surface area contributed by atoms with Crippen molar-refractivity contribution >= 4 is 16.8 Å². The molecule has 0 spiro atoms. The minimum Gasteiger partial charge on any atom is -0.361 e. The highest BCUT2D eigenvalue weighted by Crippen LogP contribution is 2.15. The summed E-state index contributed by atoms with van der Waals surface area (Å²) in [6.07, 6.45) is 1.79. The van der Waals surface area contributed by atoms with Crippen LogP contribution in [-0.2, 0) is 6.54 Å². The van der Waals surface area contributed by atoms with Crippen molar-refractivity contribution in [2.24, 2.45) is 0 Å². The molecule has 3 rings (SSSR count). The molecule has 106 valence electrons. The number of aromatic amines is 1. The maximum absolute atomic E-state index is 13.5. The van der Waals surface area contributed by atoms with E-state index in [1.807, 2.05) is 12.1 Å². The van der Waals surface area contributed by atoms with Gasteiger partial charge >= 0.3 is 0 Å². The maximum atomic E-state index is 13.5. The lowest BCUT2D eigenvalue weighted by Gasteiger charge is -2.07. The predicted octanol–water partition coefficient (Wildman–Crippen LogP) is 3.38. The number of aromatic nitrogens is 1. The fourth-order valence-corrected chi connectivity index (χ4v) is 2.14. The highest BCUT2D eigenvalue weighted by Gasteiger charge is 2.09. The minimum absolute atomic E-state index is 0.0100. The molecule has 1 heterocycles. The van der Waals surface area contributed by atoms with Crippen LogP contribution in [0.15, 0.2) is 48.7 Å². The molecular formula is C16H12F2N2O. The molecule has 0 saturated carbocycles. The number of carbonyl (C=O) groups excluding carboxylic acids is 1. The first-order chi connectivity index (χ1) is 10.1. The zero-order valence-electron chi connectivity index (χ0n) is 11.0. The molecule has 2 aromatic carbocycles. The molecule has 0 fully saturated rings. The van der Waals surface area contributed by atoms with Gasteiger partial charge in [-0.15, -0.1) is 0 Å². The van der Waals surface area contributed by atoms with E-state index < -0.39 is 11.6 Å². The van der Waals surface area contributed by atoms with Crippen molar-refractivity contribution in [3.05, 3.63) is 71.4 Å². The fourth-order valence-electron chi connectivity index (χ4n) is 2.14. The van der Waals surface area contributed by atoms with Gasteiger partial charge in [-0.1, -0.05) is 6.07 Å². The van der Waals surface area contributed by atoms with Crippen LogP contribution in [-0.4, -0.2) is 10.9 Å². The average molecular weight is 286 g/mol. The third kappa shape index (κ3) is 2.76. The molecule has 0 bridgehead atoms. The van der Waals surface area contributed by atoms with Gasteiger partial charge < -0.3 is 10.3 Å². The van der Waals surface area contributed by atoms with Gasteiger partial charge in [-0.25, -0.2) is 8.78 Å². The van der Waals surface area contributed by atoms with E-state index in [4.69, 9.17) is 0 Å². The fraction of sp³-hybridized carbons (Fsp3) is 0.0625. The molecule has 1 amide bonds. The van der Waals surface area contributed by atoms with E-state index in [1.54, 1.807) is 18.3 Å². The van der Waals surface area contributed by atoms with Crippen molar-refractivity contribution in [2.75, 3.05) is 0 Å². The Morgan fingerprint density at radius 1 is 1.10 bits per heavy atom. The van der Waals surface area contributed by atoms with Gasteiger partial charge in [0.05, 0.1) is 0 Å². The van der Waals surface area contributed by atoms with Gasteiger partial charge in [0.2, 0.25) is 0 Å². The molecular weight excluding hydrogens is 274 g/mol. The monoisotopic (exact) mass is 286 g/mol. The number of halogens is 2. The molecule has 1 aromatic heterocycles. The number of amides is 1. The van der Waals surface area contributed by atoms with Crippen LogP contribution in [0.25, 0.3) is 10.9 Å². The second kappa shape index (κ2) is 5.36. The van der Waals surface area contributed by atoms with Crippen molar-refractivity contribution in [3.8, 4) is 0 Å². The van der Waals surface area contributed by atoms with Gasteiger partial charge in [0, 0.05) is 40.8 Å². The number of benzene rings is 2. The summed E-state index contributed by atoms with van der Waals surface area (Å²) >= 11 is 0. The smallest absolute Gasteiger partial charge is 0.251 e. The summed E-state index contributed by atoms with van der Waals surface area (Å²) in [5.74, 6) is -1.61. The first-order valence-electron chi connectivity index (χ1n) is 6.43. The SMILES string of the molecule is O=C(NCc1ccc(F)cc1F)c1ccc2[nH]ccc2c1. The molecule has 3 aromatic rings. The lowest BCUT2D eigenvalue weighted by molar-refractivity contribution is 0.0950. The maximum Gasteiger partial charge on any atom is 0.251 e. The lowest BCUT2D eigenvalue weighted by atomic mass is 10.1. The van der Waals surface area contributed by atoms with Crippen LogP contribution in [0.3, 0.4) is 0 Å². The number of fused-ring (bicyclic) bond motifs is 1. The van der Waals surface area contributed by atoms with Gasteiger partial charge in [0.25, 0.3) is 5.91 Å². The molecule has 0 aliphatic rings. The zero-order chi connectivity index (χ0) is 14.8. The summed E-state index contributed by atoms with van der Waals surface area (Å²) in [6.45, 7) is 0.0100. The molecule has 2 N–H and O–H groups in total. The number of hydrogen-bond donors (Lipinski definition) is 2. The van der Waals surface area contributed by atoms with Crippen LogP contribution in [0.5, 0.6) is 0 Å². The lowest BCUT2D eigenvalue weighted by Crippen LogP contribution is -2.23. The number of rotatable bonds is 3. The molecule has 0 aliphatic heterocycles. The van der Waals surface area contributed by atoms with E-state index in [9.17, 15) is 13.6 Å². The Hall–Kier alpha value is -2.69. The Kier molecular flexibility index (Phi) is 3.39. The van der Waals surface area contributed by atoms with Gasteiger partial charge in [-0.3, -0.25) is 4.79 Å². The second-order valence-electron chi connectivity index (χ2n) is 4.70. The number of H-pyrrole nitrogens is 1. The van der Waals surface area contributed by atoms with Gasteiger partial charge in [0.15, 0.2) is 0 Å². The molecule has 5 heteroatoms. The van der Waals surface area contributed by atoms with E-state index in [-0.39, 0.29) is 18.0 Å². The van der Waals surface area contributed by atoms with E-state index in [2.05, 4.69) is 10.3 Å². The third-order valence-corrected chi connectivity index (χ3v) is 3.27. The zero-order valence-corrected chi connectivity index (χ0v) is 11.0. The van der Waals surface area contributed by atoms with Crippen LogP contribution in [0.2, 0.25) is 0 Å². The van der Waals surface area contributed by atoms with Crippen molar-refractivity contribution in [1.82, 2.24) is 10.3 Å². The third-order valence-electron chi connectivity index (χ3n) is 3.27. The van der Waals surface area contributed by atoms with E-state index in [0.29, 0.717) is 5.56 Å². The standard InChI is InChI=1S/C16H12F2N2O/c17-13-3-1-12(14(18)8-13)9-20-16(21)11-2-4-15-10(7-11)5-6-19-15/h1-8,19H,9H2,(H,20,21). The normalized spacial score (nSPS) is 10.8. The van der Waals surface area contributed by atoms with Gasteiger partial charge in [-0.2, -0.15) is 0 Å². The number of hydrogen-bond acceptors (Lipinski definition) is 1. The topological polar surface area (TPSA) is 44.9 Å². The first-order valence-corrected chi connectivity index (χ1v) is 6.43. The van der Waals surface area contributed by atoms with Crippen molar-refractivity contribution in [3.63, 3.8) is 0 Å². The summed E-state index contributed by atoms with van der Waals surface area (Å²) in [6, 6.07) is 10.4. The number of nitrogens with one attached hydrogen (secondary N) is 2. The summed E-state index contributed by atoms with van der Waals surface area (Å²) in [5.41, 5.74) is 1.67. The minimum atomic E-state index is -0.670. The van der Waals surface area contributed by atoms with Gasteiger partial charge in [-0.05, 0) is 30.3 Å². The highest BCUT2D eigenvalue weighted by atomic mass is 19.1. The first kappa shape index (κ1) is 13.3. The van der Waals surface area contributed by atoms with E-state index in [0.717, 1.165) is 23.0 Å². The molecule has 3 nitrogen and oxygen atoms in total. The molecule has 0 radical (unpaired) electrons. The van der Waals surface area contributed by atoms with Crippen molar-refractivity contribution < 1.29 is 13.6 Å². The number of carbonyl (C=O) groups is 1. The summed E-state index contributed by atoms with van der Waals surface area (Å²) in [5, 5.41) is 3.55. The summed E-state index contributed by atoms with van der Waals surface area (Å²) in [4.78, 5) is 15.1. The Morgan fingerprint density at radius 2 is 1.95 bits per heavy atom. The Bertz CT molecular complexity index is 811. The van der Waals surface area contributed by atoms with Crippen LogP contribution < -0.4 is 5.32 Å². The molecule has 21 heavy (non-hydrogen) atoms. The van der Waals surface area contributed by atoms with Crippen LogP contribution in [0, 0.1) is 11.6 Å². The quantitative estimate of drug-likeness (QED) is 0.761. The molecule has 0 unspecified atom stereocenters. The Balaban J connectivity index is 1.73. The van der Waals surface area contributed by atoms with Crippen LogP contribution in [0.4, 0.5) is 8.78 Å². The van der Waals surface area contributed by atoms with Crippen molar-refractivity contribution in [2.45, 2.75) is 6.54 Å². The van der Waals surface area contributed by atoms with Crippen LogP contribution >= 0.6 is 0 Å². The summed E-state index contributed by atoms with van der Waals surface area (Å²) < 4.78 is 26.3. The van der Waals surface area contributed by atoms with E-state index in [1.165, 1.54) is 6.07 Å². The Morgan fingerprint density at radius 3 is 2.76 bits per heavy atom. The van der Waals surface area contributed by atoms with Gasteiger partial charge in [0.1, 0.15) is 11.6 Å². The van der Waals surface area contributed by atoms with E-state index >= 15 is 0 Å². The Labute approximate surface area is 119 Å². The molecule has 0 saturated heterocycles.